The zero-order valence-electron chi connectivity index (χ0n) is 7.44. The number of carboxylic acid groups (broad SMARTS) is 1. The van der Waals surface area contributed by atoms with Crippen LogP contribution in [0.3, 0.4) is 0 Å². The van der Waals surface area contributed by atoms with Crippen molar-refractivity contribution in [1.82, 2.24) is 9.97 Å². The number of nitrogens with one attached hydrogen (secondary N) is 1. The van der Waals surface area contributed by atoms with Crippen LogP contribution in [0.2, 0.25) is 0 Å². The Balaban J connectivity index is 2.48. The van der Waals surface area contributed by atoms with Crippen LogP contribution in [0.4, 0.5) is 0 Å². The Bertz CT molecular complexity index is 456. The number of aromatic amines is 1. The van der Waals surface area contributed by atoms with E-state index in [1.54, 1.807) is 25.4 Å². The van der Waals surface area contributed by atoms with Crippen molar-refractivity contribution in [3.63, 3.8) is 0 Å². The molecule has 2 aromatic rings. The minimum atomic E-state index is -1.08. The fourth-order valence-electron chi connectivity index (χ4n) is 1.18. The van der Waals surface area contributed by atoms with Crippen molar-refractivity contribution in [2.24, 2.45) is 0 Å². The van der Waals surface area contributed by atoms with Gasteiger partial charge in [0, 0.05) is 12.4 Å². The van der Waals surface area contributed by atoms with Crippen LogP contribution in [0.1, 0.15) is 16.2 Å². The summed E-state index contributed by atoms with van der Waals surface area (Å²) in [5.74, 6) is -0.442. The Kier molecular flexibility index (Phi) is 1.85. The van der Waals surface area contributed by atoms with Crippen molar-refractivity contribution in [2.45, 2.75) is 6.92 Å². The van der Waals surface area contributed by atoms with Gasteiger partial charge in [-0.05, 0) is 13.0 Å². The lowest BCUT2D eigenvalue weighted by atomic mass is 10.3. The largest absolute Gasteiger partial charge is 0.476 e. The van der Waals surface area contributed by atoms with Gasteiger partial charge in [0.2, 0.25) is 5.89 Å². The number of nitrogens with zero attached hydrogens (tertiary/aromatic N) is 1. The van der Waals surface area contributed by atoms with Gasteiger partial charge in [-0.1, -0.05) is 0 Å². The van der Waals surface area contributed by atoms with Crippen LogP contribution in [0, 0.1) is 6.92 Å². The first-order chi connectivity index (χ1) is 6.68. The summed E-state index contributed by atoms with van der Waals surface area (Å²) < 4.78 is 5.21. The molecule has 5 nitrogen and oxygen atoms in total. The predicted molar refractivity (Wildman–Crippen MR) is 48.0 cm³/mol. The fraction of sp³-hybridized carbons (Fsp3) is 0.111. The fourth-order valence-corrected chi connectivity index (χ4v) is 1.18. The molecule has 0 aliphatic rings. The van der Waals surface area contributed by atoms with Gasteiger partial charge in [0.25, 0.3) is 0 Å². The molecule has 5 heteroatoms. The molecule has 0 unspecified atom stereocenters. The molecule has 2 rings (SSSR count). The number of carbonyl (C=O) groups is 1. The SMILES string of the molecule is Cc1oc(-c2cc[nH]c2)nc1C(=O)O. The van der Waals surface area contributed by atoms with Gasteiger partial charge in [0.15, 0.2) is 5.69 Å². The molecule has 0 aromatic carbocycles. The van der Waals surface area contributed by atoms with Crippen LogP contribution in [0.5, 0.6) is 0 Å². The summed E-state index contributed by atoms with van der Waals surface area (Å²) in [6, 6.07) is 1.76. The summed E-state index contributed by atoms with van der Waals surface area (Å²) >= 11 is 0. The first-order valence-corrected chi connectivity index (χ1v) is 4.02. The van der Waals surface area contributed by atoms with Gasteiger partial charge < -0.3 is 14.5 Å². The van der Waals surface area contributed by atoms with Crippen LogP contribution >= 0.6 is 0 Å². The van der Waals surface area contributed by atoms with Crippen molar-refractivity contribution in [3.05, 3.63) is 29.9 Å². The Morgan fingerprint density at radius 1 is 1.64 bits per heavy atom. The van der Waals surface area contributed by atoms with Gasteiger partial charge in [-0.15, -0.1) is 0 Å². The van der Waals surface area contributed by atoms with Crippen LogP contribution in [0.15, 0.2) is 22.9 Å². The summed E-state index contributed by atoms with van der Waals surface area (Å²) in [4.78, 5) is 17.4. The highest BCUT2D eigenvalue weighted by atomic mass is 16.4. The van der Waals surface area contributed by atoms with Gasteiger partial charge in [-0.2, -0.15) is 0 Å². The monoisotopic (exact) mass is 192 g/mol. The molecule has 72 valence electrons. The standard InChI is InChI=1S/C9H8N2O3/c1-5-7(9(12)13)11-8(14-5)6-2-3-10-4-6/h2-4,10H,1H3,(H,12,13). The van der Waals surface area contributed by atoms with Crippen LogP contribution in [0.25, 0.3) is 11.5 Å². The maximum absolute atomic E-state index is 10.7. The van der Waals surface area contributed by atoms with E-state index in [1.807, 2.05) is 0 Å². The molecule has 0 atom stereocenters. The first kappa shape index (κ1) is 8.55. The van der Waals surface area contributed by atoms with Crippen molar-refractivity contribution in [3.8, 4) is 11.5 Å². The summed E-state index contributed by atoms with van der Waals surface area (Å²) in [7, 11) is 0. The van der Waals surface area contributed by atoms with Gasteiger partial charge in [0.05, 0.1) is 5.56 Å². The lowest BCUT2D eigenvalue weighted by Crippen LogP contribution is -1.98. The predicted octanol–water partition coefficient (Wildman–Crippen LogP) is 1.68. The second-order valence-corrected chi connectivity index (χ2v) is 2.83. The molecule has 0 spiro atoms. The molecule has 14 heavy (non-hydrogen) atoms. The zero-order valence-corrected chi connectivity index (χ0v) is 7.44. The molecule has 0 amide bonds. The number of hydrogen-bond acceptors (Lipinski definition) is 3. The van der Waals surface area contributed by atoms with E-state index >= 15 is 0 Å². The molecule has 2 aromatic heterocycles. The molecule has 0 bridgehead atoms. The summed E-state index contributed by atoms with van der Waals surface area (Å²) in [6.07, 6.45) is 3.41. The number of hydrogen-bond donors (Lipinski definition) is 2. The Morgan fingerprint density at radius 3 is 2.93 bits per heavy atom. The first-order valence-electron chi connectivity index (χ1n) is 4.02. The third-order valence-corrected chi connectivity index (χ3v) is 1.84. The Morgan fingerprint density at radius 2 is 2.43 bits per heavy atom. The number of oxazole rings is 1. The van der Waals surface area contributed by atoms with E-state index in [-0.39, 0.29) is 5.69 Å². The maximum atomic E-state index is 10.7. The minimum absolute atomic E-state index is 0.0406. The van der Waals surface area contributed by atoms with Gasteiger partial charge >= 0.3 is 5.97 Å². The van der Waals surface area contributed by atoms with Crippen LogP contribution < -0.4 is 0 Å². The van der Waals surface area contributed by atoms with Crippen LogP contribution in [-0.4, -0.2) is 21.0 Å². The molecule has 0 fully saturated rings. The summed E-state index contributed by atoms with van der Waals surface area (Å²) in [6.45, 7) is 1.58. The number of H-pyrrole nitrogens is 1. The van der Waals surface area contributed by atoms with Crippen molar-refractivity contribution >= 4 is 5.97 Å². The highest BCUT2D eigenvalue weighted by Gasteiger charge is 2.16. The van der Waals surface area contributed by atoms with E-state index in [0.717, 1.165) is 5.56 Å². The van der Waals surface area contributed by atoms with E-state index in [9.17, 15) is 4.79 Å². The number of carboxylic acids is 1. The van der Waals surface area contributed by atoms with E-state index in [4.69, 9.17) is 9.52 Å². The molecular formula is C9H8N2O3. The maximum Gasteiger partial charge on any atom is 0.358 e. The van der Waals surface area contributed by atoms with E-state index in [2.05, 4.69) is 9.97 Å². The second-order valence-electron chi connectivity index (χ2n) is 2.83. The summed E-state index contributed by atoms with van der Waals surface area (Å²) in [5, 5.41) is 8.75. The highest BCUT2D eigenvalue weighted by Crippen LogP contribution is 2.20. The van der Waals surface area contributed by atoms with Gasteiger partial charge in [0.1, 0.15) is 5.76 Å². The van der Waals surface area contributed by atoms with E-state index in [1.165, 1.54) is 0 Å². The van der Waals surface area contributed by atoms with Crippen molar-refractivity contribution < 1.29 is 14.3 Å². The molecular weight excluding hydrogens is 184 g/mol. The molecule has 2 heterocycles. The number of rotatable bonds is 2. The number of aryl methyl sites for hydroxylation is 1. The van der Waals surface area contributed by atoms with Gasteiger partial charge in [-0.25, -0.2) is 9.78 Å². The molecule has 0 radical (unpaired) electrons. The second kappa shape index (κ2) is 3.02. The average Bonchev–Trinajstić information content (AvgIpc) is 2.70. The summed E-state index contributed by atoms with van der Waals surface area (Å²) in [5.41, 5.74) is 0.696. The van der Waals surface area contributed by atoms with Gasteiger partial charge in [-0.3, -0.25) is 0 Å². The Labute approximate surface area is 79.4 Å². The third-order valence-electron chi connectivity index (χ3n) is 1.84. The third kappa shape index (κ3) is 1.28. The van der Waals surface area contributed by atoms with E-state index < -0.39 is 5.97 Å². The average molecular weight is 192 g/mol. The van der Waals surface area contributed by atoms with E-state index in [0.29, 0.717) is 11.7 Å². The molecule has 0 saturated heterocycles. The topological polar surface area (TPSA) is 79.1 Å². The minimum Gasteiger partial charge on any atom is -0.476 e. The smallest absolute Gasteiger partial charge is 0.358 e. The molecule has 0 aliphatic heterocycles. The molecule has 0 aliphatic carbocycles. The zero-order chi connectivity index (χ0) is 10.1. The molecule has 0 saturated carbocycles. The van der Waals surface area contributed by atoms with Crippen molar-refractivity contribution in [1.29, 1.82) is 0 Å². The Hall–Kier alpha value is -2.04. The van der Waals surface area contributed by atoms with Crippen LogP contribution in [-0.2, 0) is 0 Å². The number of aromatic nitrogens is 2. The van der Waals surface area contributed by atoms with Crippen molar-refractivity contribution in [2.75, 3.05) is 0 Å². The normalized spacial score (nSPS) is 10.4. The highest BCUT2D eigenvalue weighted by molar-refractivity contribution is 5.87. The molecule has 2 N–H and O–H groups in total. The lowest BCUT2D eigenvalue weighted by Gasteiger charge is -1.84. The number of aromatic carboxylic acids is 1. The quantitative estimate of drug-likeness (QED) is 0.758. The lowest BCUT2D eigenvalue weighted by molar-refractivity contribution is 0.0689.